The SMILES string of the molecule is CN(CCCC(=O)O)Cc1cc(N)ccc1N1CCOCC1.Cl.Cl. The van der Waals surface area contributed by atoms with Crippen LogP contribution in [0.2, 0.25) is 0 Å². The van der Waals surface area contributed by atoms with Crippen LogP contribution < -0.4 is 10.6 Å². The minimum atomic E-state index is -0.744. The Morgan fingerprint density at radius 1 is 1.33 bits per heavy atom. The summed E-state index contributed by atoms with van der Waals surface area (Å²) < 4.78 is 5.41. The first-order valence-electron chi connectivity index (χ1n) is 7.67. The Kier molecular flexibility index (Phi) is 10.8. The number of morpholine rings is 1. The summed E-state index contributed by atoms with van der Waals surface area (Å²) in [5.41, 5.74) is 9.07. The van der Waals surface area contributed by atoms with Crippen LogP contribution in [0.1, 0.15) is 18.4 Å². The average Bonchev–Trinajstić information content (AvgIpc) is 2.48. The number of hydrogen-bond acceptors (Lipinski definition) is 5. The summed E-state index contributed by atoms with van der Waals surface area (Å²) >= 11 is 0. The van der Waals surface area contributed by atoms with Gasteiger partial charge in [0.1, 0.15) is 0 Å². The maximum atomic E-state index is 10.6. The number of benzene rings is 1. The Morgan fingerprint density at radius 2 is 2.00 bits per heavy atom. The van der Waals surface area contributed by atoms with Crippen molar-refractivity contribution in [3.8, 4) is 0 Å². The van der Waals surface area contributed by atoms with Crippen molar-refractivity contribution in [3.05, 3.63) is 23.8 Å². The molecule has 24 heavy (non-hydrogen) atoms. The number of rotatable bonds is 7. The van der Waals surface area contributed by atoms with Crippen LogP contribution in [0.5, 0.6) is 0 Å². The molecule has 6 nitrogen and oxygen atoms in total. The average molecular weight is 380 g/mol. The van der Waals surface area contributed by atoms with Crippen molar-refractivity contribution in [2.75, 3.05) is 50.5 Å². The first-order chi connectivity index (χ1) is 10.6. The second-order valence-electron chi connectivity index (χ2n) is 5.72. The van der Waals surface area contributed by atoms with E-state index in [2.05, 4.69) is 15.9 Å². The van der Waals surface area contributed by atoms with E-state index in [9.17, 15) is 4.79 Å². The Labute approximate surface area is 155 Å². The number of nitrogen functional groups attached to an aromatic ring is 1. The summed E-state index contributed by atoms with van der Waals surface area (Å²) in [6, 6.07) is 6.01. The molecule has 2 rings (SSSR count). The highest BCUT2D eigenvalue weighted by Crippen LogP contribution is 2.25. The zero-order chi connectivity index (χ0) is 15.9. The van der Waals surface area contributed by atoms with Crippen LogP contribution in [0.15, 0.2) is 18.2 Å². The van der Waals surface area contributed by atoms with Crippen LogP contribution in [0, 0.1) is 0 Å². The van der Waals surface area contributed by atoms with E-state index < -0.39 is 5.97 Å². The topological polar surface area (TPSA) is 79.0 Å². The lowest BCUT2D eigenvalue weighted by Crippen LogP contribution is -2.37. The number of halogens is 2. The molecule has 0 aliphatic carbocycles. The number of anilines is 2. The Balaban J connectivity index is 0.00000264. The van der Waals surface area contributed by atoms with Gasteiger partial charge >= 0.3 is 5.97 Å². The molecule has 1 fully saturated rings. The smallest absolute Gasteiger partial charge is 0.303 e. The second-order valence-corrected chi connectivity index (χ2v) is 5.72. The van der Waals surface area contributed by atoms with Gasteiger partial charge in [-0.1, -0.05) is 0 Å². The van der Waals surface area contributed by atoms with Crippen molar-refractivity contribution >= 4 is 42.2 Å². The molecule has 138 valence electrons. The summed E-state index contributed by atoms with van der Waals surface area (Å²) in [6.07, 6.45) is 0.860. The molecule has 0 bridgehead atoms. The molecule has 0 saturated carbocycles. The Bertz CT molecular complexity index is 511. The molecular weight excluding hydrogens is 353 g/mol. The number of nitrogens with zero attached hydrogens (tertiary/aromatic N) is 2. The summed E-state index contributed by atoms with van der Waals surface area (Å²) in [5.74, 6) is -0.744. The predicted molar refractivity (Wildman–Crippen MR) is 102 cm³/mol. The van der Waals surface area contributed by atoms with Crippen LogP contribution in [-0.4, -0.2) is 55.9 Å². The highest BCUT2D eigenvalue weighted by Gasteiger charge is 2.16. The van der Waals surface area contributed by atoms with Gasteiger partial charge in [0.2, 0.25) is 0 Å². The van der Waals surface area contributed by atoms with Gasteiger partial charge in [-0.25, -0.2) is 0 Å². The molecule has 0 radical (unpaired) electrons. The summed E-state index contributed by atoms with van der Waals surface area (Å²) in [7, 11) is 2.01. The third-order valence-corrected chi connectivity index (χ3v) is 3.83. The van der Waals surface area contributed by atoms with Crippen molar-refractivity contribution in [2.45, 2.75) is 19.4 Å². The number of carboxylic acid groups (broad SMARTS) is 1. The minimum Gasteiger partial charge on any atom is -0.481 e. The van der Waals surface area contributed by atoms with E-state index in [0.29, 0.717) is 6.42 Å². The van der Waals surface area contributed by atoms with Gasteiger partial charge in [0.05, 0.1) is 13.2 Å². The fourth-order valence-corrected chi connectivity index (χ4v) is 2.71. The lowest BCUT2D eigenvalue weighted by Gasteiger charge is -2.31. The second kappa shape index (κ2) is 11.4. The molecular formula is C16H27Cl2N3O3. The molecule has 1 saturated heterocycles. The molecule has 0 amide bonds. The van der Waals surface area contributed by atoms with E-state index >= 15 is 0 Å². The van der Waals surface area contributed by atoms with Gasteiger partial charge in [-0.3, -0.25) is 4.79 Å². The van der Waals surface area contributed by atoms with Gasteiger partial charge < -0.3 is 25.4 Å². The minimum absolute atomic E-state index is 0. The van der Waals surface area contributed by atoms with Crippen LogP contribution >= 0.6 is 24.8 Å². The first kappa shape index (κ1) is 22.8. The van der Waals surface area contributed by atoms with Crippen molar-refractivity contribution in [1.29, 1.82) is 0 Å². The van der Waals surface area contributed by atoms with Crippen molar-refractivity contribution in [1.82, 2.24) is 4.90 Å². The van der Waals surface area contributed by atoms with Gasteiger partial charge in [0, 0.05) is 37.4 Å². The molecule has 1 aromatic carbocycles. The van der Waals surface area contributed by atoms with Gasteiger partial charge in [-0.15, -0.1) is 24.8 Å². The molecule has 0 unspecified atom stereocenters. The van der Waals surface area contributed by atoms with Crippen molar-refractivity contribution in [3.63, 3.8) is 0 Å². The fraction of sp³-hybridized carbons (Fsp3) is 0.562. The lowest BCUT2D eigenvalue weighted by atomic mass is 10.1. The van der Waals surface area contributed by atoms with E-state index in [1.54, 1.807) is 0 Å². The third kappa shape index (κ3) is 7.13. The van der Waals surface area contributed by atoms with E-state index in [4.69, 9.17) is 15.6 Å². The number of hydrogen-bond donors (Lipinski definition) is 2. The van der Waals surface area contributed by atoms with Gasteiger partial charge in [0.25, 0.3) is 0 Å². The monoisotopic (exact) mass is 379 g/mol. The summed E-state index contributed by atoms with van der Waals surface area (Å²) in [4.78, 5) is 15.1. The molecule has 0 spiro atoms. The van der Waals surface area contributed by atoms with Crippen LogP contribution in [0.4, 0.5) is 11.4 Å². The highest BCUT2D eigenvalue weighted by atomic mass is 35.5. The molecule has 1 aromatic rings. The normalized spacial score (nSPS) is 14.0. The fourth-order valence-electron chi connectivity index (χ4n) is 2.71. The van der Waals surface area contributed by atoms with Gasteiger partial charge in [-0.05, 0) is 43.8 Å². The Hall–Kier alpha value is -1.21. The zero-order valence-electron chi connectivity index (χ0n) is 13.9. The molecule has 1 heterocycles. The van der Waals surface area contributed by atoms with Crippen molar-refractivity contribution in [2.24, 2.45) is 0 Å². The molecule has 0 atom stereocenters. The number of carbonyl (C=O) groups is 1. The zero-order valence-corrected chi connectivity index (χ0v) is 15.6. The summed E-state index contributed by atoms with van der Waals surface area (Å²) in [5, 5.41) is 8.71. The standard InChI is InChI=1S/C16H25N3O3.2ClH/c1-18(6-2-3-16(20)21)12-13-11-14(17)4-5-15(13)19-7-9-22-10-8-19;;/h4-5,11H,2-3,6-10,12,17H2,1H3,(H,20,21);2*1H. The maximum absolute atomic E-state index is 10.6. The summed E-state index contributed by atoms with van der Waals surface area (Å²) in [6.45, 7) is 4.79. The number of aliphatic carboxylic acids is 1. The van der Waals surface area contributed by atoms with Crippen molar-refractivity contribution < 1.29 is 14.6 Å². The predicted octanol–water partition coefficient (Wildman–Crippen LogP) is 2.25. The molecule has 1 aliphatic heterocycles. The molecule has 0 aromatic heterocycles. The van der Waals surface area contributed by atoms with E-state index in [1.807, 2.05) is 19.2 Å². The number of ether oxygens (including phenoxy) is 1. The number of carboxylic acids is 1. The molecule has 3 N–H and O–H groups in total. The largest absolute Gasteiger partial charge is 0.481 e. The van der Waals surface area contributed by atoms with Gasteiger partial charge in [0.15, 0.2) is 0 Å². The molecule has 1 aliphatic rings. The lowest BCUT2D eigenvalue weighted by molar-refractivity contribution is -0.137. The quantitative estimate of drug-likeness (QED) is 0.707. The van der Waals surface area contributed by atoms with Crippen LogP contribution in [0.25, 0.3) is 0 Å². The third-order valence-electron chi connectivity index (χ3n) is 3.83. The number of nitrogens with two attached hydrogens (primary N) is 1. The van der Waals surface area contributed by atoms with Gasteiger partial charge in [-0.2, -0.15) is 0 Å². The molecule has 8 heteroatoms. The first-order valence-corrected chi connectivity index (χ1v) is 7.67. The van der Waals surface area contributed by atoms with E-state index in [0.717, 1.165) is 45.1 Å². The Morgan fingerprint density at radius 3 is 2.62 bits per heavy atom. The van der Waals surface area contributed by atoms with Crippen LogP contribution in [-0.2, 0) is 16.1 Å². The maximum Gasteiger partial charge on any atom is 0.303 e. The highest BCUT2D eigenvalue weighted by molar-refractivity contribution is 5.85. The van der Waals surface area contributed by atoms with Crippen LogP contribution in [0.3, 0.4) is 0 Å². The van der Waals surface area contributed by atoms with E-state index in [1.165, 1.54) is 11.3 Å². The van der Waals surface area contributed by atoms with E-state index in [-0.39, 0.29) is 31.2 Å².